The fourth-order valence-electron chi connectivity index (χ4n) is 2.54. The number of aromatic nitrogens is 2. The molecule has 1 atom stereocenters. The Bertz CT molecular complexity index is 586. The average Bonchev–Trinajstić information content (AvgIpc) is 2.83. The van der Waals surface area contributed by atoms with Gasteiger partial charge in [-0.3, -0.25) is 0 Å². The van der Waals surface area contributed by atoms with Gasteiger partial charge in [0.05, 0.1) is 11.4 Å². The van der Waals surface area contributed by atoms with Crippen molar-refractivity contribution in [1.82, 2.24) is 9.78 Å². The van der Waals surface area contributed by atoms with Gasteiger partial charge in [0.15, 0.2) is 0 Å². The van der Waals surface area contributed by atoms with Crippen LogP contribution in [0.3, 0.4) is 0 Å². The van der Waals surface area contributed by atoms with Crippen molar-refractivity contribution in [2.24, 2.45) is 11.7 Å². The maximum Gasteiger partial charge on any atom is 0.137 e. The second kappa shape index (κ2) is 6.31. The topological polar surface area (TPSA) is 47.1 Å². The van der Waals surface area contributed by atoms with E-state index in [9.17, 15) is 0 Å². The molecule has 4 heteroatoms. The summed E-state index contributed by atoms with van der Waals surface area (Å²) in [6.45, 7) is 9.24. The van der Waals surface area contributed by atoms with E-state index < -0.39 is 0 Å². The summed E-state index contributed by atoms with van der Waals surface area (Å²) >= 11 is 0. The largest absolute Gasteiger partial charge is 0.356 e. The molecule has 0 amide bonds. The summed E-state index contributed by atoms with van der Waals surface area (Å²) in [7, 11) is 2.12. The highest BCUT2D eigenvalue weighted by Crippen LogP contribution is 2.28. The Hall–Kier alpha value is -1.81. The van der Waals surface area contributed by atoms with Crippen LogP contribution >= 0.6 is 0 Å². The second-order valence-electron chi connectivity index (χ2n) is 5.93. The molecule has 1 aromatic carbocycles. The van der Waals surface area contributed by atoms with E-state index >= 15 is 0 Å². The van der Waals surface area contributed by atoms with Crippen molar-refractivity contribution in [2.45, 2.75) is 40.3 Å². The Labute approximate surface area is 127 Å². The predicted molar refractivity (Wildman–Crippen MR) is 88.9 cm³/mol. The molecule has 114 valence electrons. The quantitative estimate of drug-likeness (QED) is 0.918. The minimum Gasteiger partial charge on any atom is -0.356 e. The van der Waals surface area contributed by atoms with E-state index in [1.54, 1.807) is 0 Å². The van der Waals surface area contributed by atoms with Gasteiger partial charge in [0, 0.05) is 25.2 Å². The molecule has 2 aromatic rings. The number of nitrogens with two attached hydrogens (primary N) is 1. The predicted octanol–water partition coefficient (Wildman–Crippen LogP) is 3.12. The Morgan fingerprint density at radius 3 is 2.33 bits per heavy atom. The van der Waals surface area contributed by atoms with Gasteiger partial charge in [-0.2, -0.15) is 5.10 Å². The van der Waals surface area contributed by atoms with Gasteiger partial charge >= 0.3 is 0 Å². The van der Waals surface area contributed by atoms with Gasteiger partial charge in [-0.25, -0.2) is 4.68 Å². The molecule has 0 aliphatic carbocycles. The normalized spacial score (nSPS) is 12.7. The lowest BCUT2D eigenvalue weighted by Crippen LogP contribution is -2.35. The molecule has 4 nitrogen and oxygen atoms in total. The maximum atomic E-state index is 5.98. The fraction of sp³-hybridized carbons (Fsp3) is 0.471. The third-order valence-electron chi connectivity index (χ3n) is 4.27. The number of rotatable bonds is 5. The smallest absolute Gasteiger partial charge is 0.137 e. The summed E-state index contributed by atoms with van der Waals surface area (Å²) in [6, 6.07) is 10.6. The molecule has 0 bridgehead atoms. The van der Waals surface area contributed by atoms with Crippen LogP contribution in [0.15, 0.2) is 30.3 Å². The summed E-state index contributed by atoms with van der Waals surface area (Å²) in [5.41, 5.74) is 9.16. The third-order valence-corrected chi connectivity index (χ3v) is 4.27. The Kier molecular flexibility index (Phi) is 4.68. The molecule has 0 aliphatic heterocycles. The van der Waals surface area contributed by atoms with Crippen LogP contribution in [0.2, 0.25) is 0 Å². The van der Waals surface area contributed by atoms with Gasteiger partial charge in [-0.15, -0.1) is 0 Å². The number of hydrogen-bond acceptors (Lipinski definition) is 3. The number of nitrogens with zero attached hydrogens (tertiary/aromatic N) is 3. The van der Waals surface area contributed by atoms with Gasteiger partial charge in [0.1, 0.15) is 5.82 Å². The van der Waals surface area contributed by atoms with Crippen molar-refractivity contribution in [1.29, 1.82) is 0 Å². The van der Waals surface area contributed by atoms with Crippen LogP contribution in [0, 0.1) is 12.8 Å². The van der Waals surface area contributed by atoms with Crippen LogP contribution in [0.5, 0.6) is 0 Å². The Morgan fingerprint density at radius 2 is 1.81 bits per heavy atom. The molecular formula is C17H26N4. The van der Waals surface area contributed by atoms with E-state index in [2.05, 4.69) is 44.9 Å². The van der Waals surface area contributed by atoms with Crippen molar-refractivity contribution >= 4 is 5.82 Å². The van der Waals surface area contributed by atoms with Crippen molar-refractivity contribution in [3.8, 4) is 5.69 Å². The van der Waals surface area contributed by atoms with Gasteiger partial charge in [-0.1, -0.05) is 32.0 Å². The SMILES string of the molecule is Cc1nn(-c2ccccc2)c(N(C)C(C)C(C)C)c1CN. The lowest BCUT2D eigenvalue weighted by atomic mass is 10.0. The van der Waals surface area contributed by atoms with Crippen LogP contribution in [0.1, 0.15) is 32.0 Å². The number of benzene rings is 1. The molecule has 0 radical (unpaired) electrons. The van der Waals surface area contributed by atoms with Crippen LogP contribution in [-0.2, 0) is 6.54 Å². The minimum atomic E-state index is 0.411. The van der Waals surface area contributed by atoms with Gasteiger partial charge < -0.3 is 10.6 Å². The number of anilines is 1. The van der Waals surface area contributed by atoms with Crippen LogP contribution in [0.25, 0.3) is 5.69 Å². The van der Waals surface area contributed by atoms with Crippen molar-refractivity contribution < 1.29 is 0 Å². The van der Waals surface area contributed by atoms with Crippen LogP contribution in [-0.4, -0.2) is 22.9 Å². The van der Waals surface area contributed by atoms with E-state index in [0.29, 0.717) is 18.5 Å². The Morgan fingerprint density at radius 1 is 1.19 bits per heavy atom. The number of para-hydroxylation sites is 1. The first-order valence-corrected chi connectivity index (χ1v) is 7.54. The van der Waals surface area contributed by atoms with E-state index in [0.717, 1.165) is 22.8 Å². The summed E-state index contributed by atoms with van der Waals surface area (Å²) in [6.07, 6.45) is 0. The lowest BCUT2D eigenvalue weighted by molar-refractivity contribution is 0.498. The molecule has 1 heterocycles. The standard InChI is InChI=1S/C17H26N4/c1-12(2)14(4)20(5)17-16(11-18)13(3)19-21(17)15-9-7-6-8-10-15/h6-10,12,14H,11,18H2,1-5H3. The second-order valence-corrected chi connectivity index (χ2v) is 5.93. The van der Waals surface area contributed by atoms with E-state index in [4.69, 9.17) is 10.8 Å². The van der Waals surface area contributed by atoms with Crippen molar-refractivity contribution in [2.75, 3.05) is 11.9 Å². The molecule has 1 unspecified atom stereocenters. The molecule has 0 saturated carbocycles. The fourth-order valence-corrected chi connectivity index (χ4v) is 2.54. The lowest BCUT2D eigenvalue weighted by Gasteiger charge is -2.31. The third kappa shape index (κ3) is 2.95. The monoisotopic (exact) mass is 286 g/mol. The van der Waals surface area contributed by atoms with Crippen LogP contribution < -0.4 is 10.6 Å². The molecule has 21 heavy (non-hydrogen) atoms. The first-order valence-electron chi connectivity index (χ1n) is 7.54. The minimum absolute atomic E-state index is 0.411. The maximum absolute atomic E-state index is 5.98. The number of aryl methyl sites for hydroxylation is 1. The summed E-state index contributed by atoms with van der Waals surface area (Å²) in [4.78, 5) is 2.29. The zero-order chi connectivity index (χ0) is 15.6. The molecular weight excluding hydrogens is 260 g/mol. The number of hydrogen-bond donors (Lipinski definition) is 1. The summed E-state index contributed by atoms with van der Waals surface area (Å²) in [5, 5.41) is 4.71. The van der Waals surface area contributed by atoms with E-state index in [1.807, 2.05) is 29.8 Å². The highest BCUT2D eigenvalue weighted by Gasteiger charge is 2.23. The first-order chi connectivity index (χ1) is 9.97. The van der Waals surface area contributed by atoms with E-state index in [1.165, 1.54) is 0 Å². The molecule has 2 rings (SSSR count). The first kappa shape index (κ1) is 15.6. The van der Waals surface area contributed by atoms with Crippen molar-refractivity contribution in [3.63, 3.8) is 0 Å². The molecule has 2 N–H and O–H groups in total. The van der Waals surface area contributed by atoms with Gasteiger partial charge in [0.25, 0.3) is 0 Å². The summed E-state index contributed by atoms with van der Waals surface area (Å²) < 4.78 is 2.01. The summed E-state index contributed by atoms with van der Waals surface area (Å²) in [5.74, 6) is 1.66. The van der Waals surface area contributed by atoms with Gasteiger partial charge in [0.2, 0.25) is 0 Å². The van der Waals surface area contributed by atoms with Crippen molar-refractivity contribution in [3.05, 3.63) is 41.6 Å². The average molecular weight is 286 g/mol. The molecule has 0 aliphatic rings. The molecule has 1 aromatic heterocycles. The van der Waals surface area contributed by atoms with Crippen LogP contribution in [0.4, 0.5) is 5.82 Å². The molecule has 0 saturated heterocycles. The van der Waals surface area contributed by atoms with Gasteiger partial charge in [-0.05, 0) is 31.9 Å². The highest BCUT2D eigenvalue weighted by atomic mass is 15.4. The molecule has 0 fully saturated rings. The zero-order valence-corrected chi connectivity index (χ0v) is 13.7. The molecule has 0 spiro atoms. The Balaban J connectivity index is 2.57. The highest BCUT2D eigenvalue weighted by molar-refractivity contribution is 5.55. The zero-order valence-electron chi connectivity index (χ0n) is 13.7. The van der Waals surface area contributed by atoms with E-state index in [-0.39, 0.29) is 0 Å².